The lowest BCUT2D eigenvalue weighted by molar-refractivity contribution is 0.151. The van der Waals surface area contributed by atoms with Crippen LogP contribution in [0.4, 0.5) is 0 Å². The molecule has 0 aromatic heterocycles. The van der Waals surface area contributed by atoms with Gasteiger partial charge in [-0.1, -0.05) is 6.42 Å². The van der Waals surface area contributed by atoms with E-state index < -0.39 is 0 Å². The first-order chi connectivity index (χ1) is 8.65. The maximum absolute atomic E-state index is 3.85. The lowest BCUT2D eigenvalue weighted by Gasteiger charge is -2.38. The van der Waals surface area contributed by atoms with Crippen LogP contribution in [0, 0.1) is 0 Å². The first kappa shape index (κ1) is 14.3. The van der Waals surface area contributed by atoms with Crippen molar-refractivity contribution in [1.29, 1.82) is 0 Å². The molecule has 2 saturated heterocycles. The summed E-state index contributed by atoms with van der Waals surface area (Å²) in [5.41, 5.74) is 0. The highest BCUT2D eigenvalue weighted by molar-refractivity contribution is 4.83. The third-order valence-corrected chi connectivity index (χ3v) is 4.71. The molecule has 3 atom stereocenters. The molecule has 0 radical (unpaired) electrons. The van der Waals surface area contributed by atoms with E-state index in [-0.39, 0.29) is 0 Å². The van der Waals surface area contributed by atoms with Crippen LogP contribution in [0.2, 0.25) is 0 Å². The fourth-order valence-electron chi connectivity index (χ4n) is 3.43. The Balaban J connectivity index is 1.68. The summed E-state index contributed by atoms with van der Waals surface area (Å²) in [5, 5.41) is 3.85. The lowest BCUT2D eigenvalue weighted by Crippen LogP contribution is -2.50. The Morgan fingerprint density at radius 3 is 2.56 bits per heavy atom. The number of nitrogens with one attached hydrogen (secondary N) is 1. The number of rotatable bonds is 4. The Kier molecular flexibility index (Phi) is 5.46. The number of nitrogens with zero attached hydrogens (tertiary/aromatic N) is 2. The fraction of sp³-hybridized carbons (Fsp3) is 1.00. The van der Waals surface area contributed by atoms with E-state index in [0.29, 0.717) is 6.04 Å². The Morgan fingerprint density at radius 1 is 1.17 bits per heavy atom. The highest BCUT2D eigenvalue weighted by Crippen LogP contribution is 2.16. The molecule has 2 aliphatic heterocycles. The molecule has 0 bridgehead atoms. The largest absolute Gasteiger partial charge is 0.310 e. The van der Waals surface area contributed by atoms with Crippen molar-refractivity contribution in [3.63, 3.8) is 0 Å². The zero-order chi connectivity index (χ0) is 13.0. The summed E-state index contributed by atoms with van der Waals surface area (Å²) in [6.07, 6.45) is 6.85. The van der Waals surface area contributed by atoms with Gasteiger partial charge in [0.2, 0.25) is 0 Å². The van der Waals surface area contributed by atoms with Crippen molar-refractivity contribution in [2.45, 2.75) is 64.1 Å². The normalized spacial score (nSPS) is 33.5. The van der Waals surface area contributed by atoms with Crippen molar-refractivity contribution in [3.05, 3.63) is 0 Å². The molecular formula is C15H31N3. The Bertz CT molecular complexity index is 238. The molecule has 0 spiro atoms. The van der Waals surface area contributed by atoms with Gasteiger partial charge in [0.25, 0.3) is 0 Å². The third kappa shape index (κ3) is 4.22. The molecule has 18 heavy (non-hydrogen) atoms. The zero-order valence-electron chi connectivity index (χ0n) is 12.5. The first-order valence-corrected chi connectivity index (χ1v) is 7.84. The van der Waals surface area contributed by atoms with Crippen molar-refractivity contribution in [1.82, 2.24) is 15.1 Å². The number of hydrogen-bond donors (Lipinski definition) is 1. The highest BCUT2D eigenvalue weighted by atomic mass is 15.2. The second-order valence-corrected chi connectivity index (χ2v) is 6.48. The molecule has 3 unspecified atom stereocenters. The molecule has 2 heterocycles. The van der Waals surface area contributed by atoms with E-state index in [1.807, 2.05) is 0 Å². The van der Waals surface area contributed by atoms with Crippen molar-refractivity contribution in [3.8, 4) is 0 Å². The molecule has 3 nitrogen and oxygen atoms in total. The lowest BCUT2D eigenvalue weighted by atomic mass is 9.98. The van der Waals surface area contributed by atoms with Crippen molar-refractivity contribution >= 4 is 0 Å². The number of hydrogen-bond acceptors (Lipinski definition) is 3. The maximum Gasteiger partial charge on any atom is 0.0169 e. The van der Waals surface area contributed by atoms with Gasteiger partial charge in [-0.25, -0.2) is 0 Å². The van der Waals surface area contributed by atoms with Gasteiger partial charge in [0.1, 0.15) is 0 Å². The van der Waals surface area contributed by atoms with Crippen LogP contribution in [0.15, 0.2) is 0 Å². The van der Waals surface area contributed by atoms with E-state index in [1.54, 1.807) is 0 Å². The van der Waals surface area contributed by atoms with Crippen molar-refractivity contribution < 1.29 is 0 Å². The minimum absolute atomic E-state index is 0.642. The summed E-state index contributed by atoms with van der Waals surface area (Å²) in [6, 6.07) is 2.11. The van der Waals surface area contributed by atoms with Gasteiger partial charge >= 0.3 is 0 Å². The fourth-order valence-corrected chi connectivity index (χ4v) is 3.43. The van der Waals surface area contributed by atoms with Crippen LogP contribution in [-0.4, -0.2) is 61.2 Å². The van der Waals surface area contributed by atoms with Gasteiger partial charge in [-0.2, -0.15) is 0 Å². The molecule has 0 aromatic carbocycles. The maximum atomic E-state index is 3.85. The molecule has 1 N–H and O–H groups in total. The predicted molar refractivity (Wildman–Crippen MR) is 78.0 cm³/mol. The van der Waals surface area contributed by atoms with Crippen LogP contribution in [0.3, 0.4) is 0 Å². The van der Waals surface area contributed by atoms with Gasteiger partial charge in [0, 0.05) is 24.7 Å². The second-order valence-electron chi connectivity index (χ2n) is 6.48. The molecule has 0 saturated carbocycles. The highest BCUT2D eigenvalue weighted by Gasteiger charge is 2.24. The van der Waals surface area contributed by atoms with E-state index >= 15 is 0 Å². The Labute approximate surface area is 113 Å². The van der Waals surface area contributed by atoms with Gasteiger partial charge in [-0.05, 0) is 66.2 Å². The summed E-state index contributed by atoms with van der Waals surface area (Å²) < 4.78 is 0. The molecule has 2 rings (SSSR count). The summed E-state index contributed by atoms with van der Waals surface area (Å²) in [7, 11) is 2.25. The third-order valence-electron chi connectivity index (χ3n) is 4.71. The van der Waals surface area contributed by atoms with Gasteiger partial charge in [-0.15, -0.1) is 0 Å². The van der Waals surface area contributed by atoms with Crippen LogP contribution in [0.1, 0.15) is 46.0 Å². The first-order valence-electron chi connectivity index (χ1n) is 7.84. The van der Waals surface area contributed by atoms with Crippen LogP contribution in [-0.2, 0) is 0 Å². The molecule has 0 aliphatic carbocycles. The quantitative estimate of drug-likeness (QED) is 0.826. The van der Waals surface area contributed by atoms with Crippen LogP contribution in [0.25, 0.3) is 0 Å². The zero-order valence-corrected chi connectivity index (χ0v) is 12.5. The minimum atomic E-state index is 0.642. The van der Waals surface area contributed by atoms with E-state index in [2.05, 4.69) is 36.0 Å². The number of likely N-dealkylation sites (tertiary alicyclic amines) is 2. The van der Waals surface area contributed by atoms with Gasteiger partial charge < -0.3 is 15.1 Å². The molecule has 2 fully saturated rings. The summed E-state index contributed by atoms with van der Waals surface area (Å²) in [4.78, 5) is 5.12. The molecule has 106 valence electrons. The average Bonchev–Trinajstić information content (AvgIpc) is 2.35. The standard InChI is InChI=1S/C15H31N3/c1-13(12-18-8-5-4-6-9-18)16-15-7-10-17(3)14(2)11-15/h13-16H,4-12H2,1-3H3. The van der Waals surface area contributed by atoms with Gasteiger partial charge in [-0.3, -0.25) is 0 Å². The second kappa shape index (κ2) is 6.88. The Morgan fingerprint density at radius 2 is 1.89 bits per heavy atom. The van der Waals surface area contributed by atoms with Crippen molar-refractivity contribution in [2.75, 3.05) is 33.2 Å². The SMILES string of the molecule is CC(CN1CCCCC1)NC1CCN(C)C(C)C1. The molecule has 0 amide bonds. The summed E-state index contributed by atoms with van der Waals surface area (Å²) in [6.45, 7) is 9.82. The van der Waals surface area contributed by atoms with Crippen LogP contribution < -0.4 is 5.32 Å². The van der Waals surface area contributed by atoms with Crippen LogP contribution >= 0.6 is 0 Å². The van der Waals surface area contributed by atoms with Gasteiger partial charge in [0.15, 0.2) is 0 Å². The Hall–Kier alpha value is -0.120. The van der Waals surface area contributed by atoms with E-state index in [1.165, 1.54) is 58.3 Å². The summed E-state index contributed by atoms with van der Waals surface area (Å²) in [5.74, 6) is 0. The smallest absolute Gasteiger partial charge is 0.0169 e. The predicted octanol–water partition coefficient (Wildman–Crippen LogP) is 1.93. The number of piperidine rings is 2. The van der Waals surface area contributed by atoms with Crippen LogP contribution in [0.5, 0.6) is 0 Å². The molecule has 3 heteroatoms. The summed E-state index contributed by atoms with van der Waals surface area (Å²) >= 11 is 0. The molecule has 0 aromatic rings. The van der Waals surface area contributed by atoms with E-state index in [9.17, 15) is 0 Å². The van der Waals surface area contributed by atoms with E-state index in [4.69, 9.17) is 0 Å². The van der Waals surface area contributed by atoms with Gasteiger partial charge in [0.05, 0.1) is 0 Å². The molecule has 2 aliphatic rings. The average molecular weight is 253 g/mol. The topological polar surface area (TPSA) is 18.5 Å². The monoisotopic (exact) mass is 253 g/mol. The van der Waals surface area contributed by atoms with Crippen molar-refractivity contribution in [2.24, 2.45) is 0 Å². The van der Waals surface area contributed by atoms with E-state index in [0.717, 1.165) is 12.1 Å². The molecular weight excluding hydrogens is 222 g/mol. The minimum Gasteiger partial charge on any atom is -0.310 e.